The number of aromatic nitrogens is 3. The predicted octanol–water partition coefficient (Wildman–Crippen LogP) is 1.18. The molecule has 0 radical (unpaired) electrons. The molecule has 1 N–H and O–H groups in total. The molecule has 2 aromatic heterocycles. The number of nitrogens with zero attached hydrogens (tertiary/aromatic N) is 4. The van der Waals surface area contributed by atoms with E-state index in [0.717, 1.165) is 18.7 Å². The first kappa shape index (κ1) is 12.6. The van der Waals surface area contributed by atoms with Crippen LogP contribution in [0.5, 0.6) is 0 Å². The molecule has 0 atom stereocenters. The summed E-state index contributed by atoms with van der Waals surface area (Å²) in [4.78, 5) is 21.9. The molecular formula is C13H15N5O2. The van der Waals surface area contributed by atoms with Gasteiger partial charge in [-0.3, -0.25) is 4.79 Å². The summed E-state index contributed by atoms with van der Waals surface area (Å²) in [5.74, 6) is 1.02. The normalized spacial score (nSPS) is 16.1. The van der Waals surface area contributed by atoms with Crippen LogP contribution in [-0.2, 0) is 0 Å². The number of nitrogens with one attached hydrogen (secondary N) is 1. The summed E-state index contributed by atoms with van der Waals surface area (Å²) in [6, 6.07) is 3.75. The highest BCUT2D eigenvalue weighted by molar-refractivity contribution is 5.91. The first-order chi connectivity index (χ1) is 9.83. The van der Waals surface area contributed by atoms with Crippen molar-refractivity contribution in [1.29, 1.82) is 0 Å². The molecule has 20 heavy (non-hydrogen) atoms. The lowest BCUT2D eigenvalue weighted by Crippen LogP contribution is -2.42. The highest BCUT2D eigenvalue weighted by atomic mass is 16.5. The minimum absolute atomic E-state index is 0.0945. The highest BCUT2D eigenvalue weighted by Gasteiger charge is 2.25. The highest BCUT2D eigenvalue weighted by Crippen LogP contribution is 2.16. The number of hydrogen-bond acceptors (Lipinski definition) is 6. The Bertz CT molecular complexity index is 549. The van der Waals surface area contributed by atoms with Crippen LogP contribution in [-0.4, -0.2) is 45.1 Å². The molecular weight excluding hydrogens is 258 g/mol. The van der Waals surface area contributed by atoms with Gasteiger partial charge in [-0.05, 0) is 18.9 Å². The van der Waals surface area contributed by atoms with Gasteiger partial charge in [0.1, 0.15) is 12.1 Å². The quantitative estimate of drug-likeness (QED) is 0.904. The van der Waals surface area contributed by atoms with Gasteiger partial charge in [-0.15, -0.1) is 0 Å². The van der Waals surface area contributed by atoms with E-state index in [1.54, 1.807) is 17.2 Å². The zero-order valence-corrected chi connectivity index (χ0v) is 10.9. The van der Waals surface area contributed by atoms with E-state index in [9.17, 15) is 4.79 Å². The third-order valence-electron chi connectivity index (χ3n) is 3.36. The SMILES string of the molecule is O=C(c1ccno1)N1CCC(Nc2ccncn2)CC1. The molecule has 2 aromatic rings. The Morgan fingerprint density at radius 3 is 2.80 bits per heavy atom. The van der Waals surface area contributed by atoms with Crippen LogP contribution in [0.25, 0.3) is 0 Å². The number of rotatable bonds is 3. The number of piperidine rings is 1. The van der Waals surface area contributed by atoms with Crippen LogP contribution in [0.3, 0.4) is 0 Å². The molecule has 3 rings (SSSR count). The summed E-state index contributed by atoms with van der Waals surface area (Å²) >= 11 is 0. The average molecular weight is 273 g/mol. The monoisotopic (exact) mass is 273 g/mol. The molecule has 3 heterocycles. The van der Waals surface area contributed by atoms with E-state index in [1.807, 2.05) is 6.07 Å². The smallest absolute Gasteiger partial charge is 0.292 e. The molecule has 1 aliphatic rings. The summed E-state index contributed by atoms with van der Waals surface area (Å²) < 4.78 is 4.90. The van der Waals surface area contributed by atoms with Gasteiger partial charge in [-0.25, -0.2) is 9.97 Å². The maximum atomic E-state index is 12.1. The van der Waals surface area contributed by atoms with Crippen molar-refractivity contribution in [2.24, 2.45) is 0 Å². The van der Waals surface area contributed by atoms with Crippen molar-refractivity contribution in [1.82, 2.24) is 20.0 Å². The lowest BCUT2D eigenvalue weighted by atomic mass is 10.0. The standard InChI is InChI=1S/C13H15N5O2/c19-13(11-1-6-16-20-11)18-7-3-10(4-8-18)17-12-2-5-14-9-15-12/h1-2,5-6,9-10H,3-4,7-8H2,(H,14,15,17). The Kier molecular flexibility index (Phi) is 3.58. The topological polar surface area (TPSA) is 84.2 Å². The second-order valence-electron chi connectivity index (χ2n) is 4.68. The molecule has 1 amide bonds. The third kappa shape index (κ3) is 2.76. The van der Waals surface area contributed by atoms with Crippen LogP contribution >= 0.6 is 0 Å². The second-order valence-corrected chi connectivity index (χ2v) is 4.68. The minimum Gasteiger partial charge on any atom is -0.367 e. The minimum atomic E-state index is -0.0945. The molecule has 1 aliphatic heterocycles. The van der Waals surface area contributed by atoms with Crippen molar-refractivity contribution in [3.05, 3.63) is 36.6 Å². The lowest BCUT2D eigenvalue weighted by Gasteiger charge is -2.31. The predicted molar refractivity (Wildman–Crippen MR) is 71.1 cm³/mol. The van der Waals surface area contributed by atoms with Crippen LogP contribution in [0.15, 0.2) is 35.4 Å². The van der Waals surface area contributed by atoms with Crippen molar-refractivity contribution in [2.45, 2.75) is 18.9 Å². The van der Waals surface area contributed by atoms with Crippen LogP contribution in [0.2, 0.25) is 0 Å². The van der Waals surface area contributed by atoms with Gasteiger partial charge >= 0.3 is 0 Å². The van der Waals surface area contributed by atoms with E-state index in [1.165, 1.54) is 12.5 Å². The summed E-state index contributed by atoms with van der Waals surface area (Å²) in [5, 5.41) is 6.91. The fourth-order valence-electron chi connectivity index (χ4n) is 2.29. The van der Waals surface area contributed by atoms with Crippen molar-refractivity contribution in [3.8, 4) is 0 Å². The maximum Gasteiger partial charge on any atom is 0.292 e. The molecule has 0 spiro atoms. The fraction of sp³-hybridized carbons (Fsp3) is 0.385. The number of carbonyl (C=O) groups excluding carboxylic acids is 1. The number of anilines is 1. The van der Waals surface area contributed by atoms with E-state index in [2.05, 4.69) is 20.4 Å². The summed E-state index contributed by atoms with van der Waals surface area (Å²) in [6.45, 7) is 1.39. The molecule has 0 saturated carbocycles. The van der Waals surface area contributed by atoms with Gasteiger partial charge in [-0.2, -0.15) is 0 Å². The molecule has 0 aromatic carbocycles. The third-order valence-corrected chi connectivity index (χ3v) is 3.36. The Morgan fingerprint density at radius 2 is 2.15 bits per heavy atom. The molecule has 0 unspecified atom stereocenters. The zero-order valence-electron chi connectivity index (χ0n) is 10.9. The Labute approximate surface area is 116 Å². The van der Waals surface area contributed by atoms with Crippen LogP contribution < -0.4 is 5.32 Å². The van der Waals surface area contributed by atoms with Crippen molar-refractivity contribution >= 4 is 11.7 Å². The molecule has 7 heteroatoms. The molecule has 1 fully saturated rings. The number of amides is 1. The van der Waals surface area contributed by atoms with Gasteiger partial charge in [-0.1, -0.05) is 5.16 Å². The molecule has 7 nitrogen and oxygen atoms in total. The van der Waals surface area contributed by atoms with Gasteiger partial charge in [0.05, 0.1) is 6.20 Å². The Hall–Kier alpha value is -2.44. The van der Waals surface area contributed by atoms with Crippen molar-refractivity contribution in [3.63, 3.8) is 0 Å². The summed E-state index contributed by atoms with van der Waals surface area (Å²) in [7, 11) is 0. The number of carbonyl (C=O) groups is 1. The number of hydrogen-bond donors (Lipinski definition) is 1. The van der Waals surface area contributed by atoms with Crippen LogP contribution in [0.1, 0.15) is 23.4 Å². The summed E-state index contributed by atoms with van der Waals surface area (Å²) in [6.07, 6.45) is 6.47. The van der Waals surface area contributed by atoms with Crippen LogP contribution in [0.4, 0.5) is 5.82 Å². The fourth-order valence-corrected chi connectivity index (χ4v) is 2.29. The Balaban J connectivity index is 1.53. The zero-order chi connectivity index (χ0) is 13.8. The van der Waals surface area contributed by atoms with E-state index < -0.39 is 0 Å². The van der Waals surface area contributed by atoms with E-state index in [4.69, 9.17) is 4.52 Å². The molecule has 104 valence electrons. The molecule has 0 bridgehead atoms. The van der Waals surface area contributed by atoms with Gasteiger partial charge in [0.2, 0.25) is 5.76 Å². The first-order valence-electron chi connectivity index (χ1n) is 6.55. The Morgan fingerprint density at radius 1 is 1.30 bits per heavy atom. The number of likely N-dealkylation sites (tertiary alicyclic amines) is 1. The van der Waals surface area contributed by atoms with Crippen LogP contribution in [0, 0.1) is 0 Å². The molecule has 0 aliphatic carbocycles. The molecule has 1 saturated heterocycles. The van der Waals surface area contributed by atoms with Gasteiger partial charge in [0, 0.05) is 31.4 Å². The van der Waals surface area contributed by atoms with Crippen molar-refractivity contribution < 1.29 is 9.32 Å². The average Bonchev–Trinajstić information content (AvgIpc) is 3.03. The second kappa shape index (κ2) is 5.68. The van der Waals surface area contributed by atoms with Gasteiger partial charge in [0.25, 0.3) is 5.91 Å². The lowest BCUT2D eigenvalue weighted by molar-refractivity contribution is 0.0676. The maximum absolute atomic E-state index is 12.1. The first-order valence-corrected chi connectivity index (χ1v) is 6.55. The van der Waals surface area contributed by atoms with Gasteiger partial charge < -0.3 is 14.7 Å². The summed E-state index contributed by atoms with van der Waals surface area (Å²) in [5.41, 5.74) is 0. The van der Waals surface area contributed by atoms with Crippen molar-refractivity contribution in [2.75, 3.05) is 18.4 Å². The van der Waals surface area contributed by atoms with E-state index in [-0.39, 0.29) is 5.91 Å². The van der Waals surface area contributed by atoms with Gasteiger partial charge in [0.15, 0.2) is 0 Å². The largest absolute Gasteiger partial charge is 0.367 e. The van der Waals surface area contributed by atoms with E-state index >= 15 is 0 Å². The van der Waals surface area contributed by atoms with E-state index in [0.29, 0.717) is 24.9 Å².